The van der Waals surface area contributed by atoms with Gasteiger partial charge in [-0.25, -0.2) is 9.07 Å². The Balaban J connectivity index is 1.34. The van der Waals surface area contributed by atoms with E-state index in [4.69, 9.17) is 9.47 Å². The number of hydrogen-bond acceptors (Lipinski definition) is 5. The van der Waals surface area contributed by atoms with Gasteiger partial charge in [0.1, 0.15) is 11.6 Å². The predicted molar refractivity (Wildman–Crippen MR) is 135 cm³/mol. The van der Waals surface area contributed by atoms with Crippen molar-refractivity contribution in [3.63, 3.8) is 0 Å². The molecule has 8 heteroatoms. The highest BCUT2D eigenvalue weighted by atomic mass is 19.1. The Morgan fingerprint density at radius 3 is 2.39 bits per heavy atom. The highest BCUT2D eigenvalue weighted by Gasteiger charge is 2.25. The summed E-state index contributed by atoms with van der Waals surface area (Å²) in [6.45, 7) is 0.394. The number of rotatable bonds is 9. The van der Waals surface area contributed by atoms with Crippen molar-refractivity contribution in [2.24, 2.45) is 5.92 Å². The first-order valence-corrected chi connectivity index (χ1v) is 12.0. The molecule has 7 nitrogen and oxygen atoms in total. The van der Waals surface area contributed by atoms with Crippen LogP contribution in [0.5, 0.6) is 11.8 Å². The molecule has 0 spiro atoms. The summed E-state index contributed by atoms with van der Waals surface area (Å²) in [6, 6.07) is 21.5. The quantitative estimate of drug-likeness (QED) is 0.341. The van der Waals surface area contributed by atoms with E-state index in [0.29, 0.717) is 24.4 Å². The van der Waals surface area contributed by atoms with Gasteiger partial charge in [0.15, 0.2) is 5.82 Å². The molecule has 36 heavy (non-hydrogen) atoms. The number of hydrogen-bond donors (Lipinski definition) is 1. The predicted octanol–water partition coefficient (Wildman–Crippen LogP) is 5.44. The van der Waals surface area contributed by atoms with Crippen molar-refractivity contribution in [1.82, 2.24) is 14.8 Å². The highest BCUT2D eigenvalue weighted by molar-refractivity contribution is 5.93. The fourth-order valence-corrected chi connectivity index (χ4v) is 3.97. The molecule has 3 aromatic carbocycles. The minimum atomic E-state index is -0.327. The molecule has 0 atom stereocenters. The second kappa shape index (κ2) is 10.6. The van der Waals surface area contributed by atoms with Gasteiger partial charge >= 0.3 is 6.01 Å². The van der Waals surface area contributed by atoms with Gasteiger partial charge in [-0.05, 0) is 79.1 Å². The summed E-state index contributed by atoms with van der Waals surface area (Å²) < 4.78 is 26.3. The second-order valence-electron chi connectivity index (χ2n) is 8.75. The van der Waals surface area contributed by atoms with Gasteiger partial charge in [-0.2, -0.15) is 4.98 Å². The first kappa shape index (κ1) is 23.5. The van der Waals surface area contributed by atoms with Crippen LogP contribution in [0.25, 0.3) is 17.1 Å². The van der Waals surface area contributed by atoms with Crippen LogP contribution in [0.1, 0.15) is 24.8 Å². The number of carbonyl (C=O) groups is 1. The molecule has 1 aliphatic rings. The maximum atomic E-state index is 13.5. The number of methoxy groups -OCH3 is 1. The van der Waals surface area contributed by atoms with E-state index >= 15 is 0 Å². The van der Waals surface area contributed by atoms with Crippen LogP contribution in [-0.2, 0) is 11.2 Å². The number of aromatic nitrogens is 3. The van der Waals surface area contributed by atoms with E-state index in [9.17, 15) is 9.18 Å². The zero-order valence-electron chi connectivity index (χ0n) is 20.0. The average Bonchev–Trinajstić information content (AvgIpc) is 3.28. The SMILES string of the molecule is COc1ccc(CCOc2nc(-c3ccc(F)cc3)n(-c3ccc(NC(=O)C4CCC4)cc3)n2)cc1. The van der Waals surface area contributed by atoms with Crippen molar-refractivity contribution >= 4 is 11.6 Å². The molecule has 4 aromatic rings. The lowest BCUT2D eigenvalue weighted by Crippen LogP contribution is -2.27. The molecule has 0 unspecified atom stereocenters. The van der Waals surface area contributed by atoms with Crippen LogP contribution in [-0.4, -0.2) is 34.4 Å². The van der Waals surface area contributed by atoms with E-state index in [2.05, 4.69) is 15.4 Å². The van der Waals surface area contributed by atoms with E-state index in [-0.39, 0.29) is 23.7 Å². The topological polar surface area (TPSA) is 78.3 Å². The van der Waals surface area contributed by atoms with E-state index in [1.807, 2.05) is 48.5 Å². The number of nitrogens with one attached hydrogen (secondary N) is 1. The van der Waals surface area contributed by atoms with Gasteiger partial charge in [0.05, 0.1) is 19.4 Å². The van der Waals surface area contributed by atoms with Crippen molar-refractivity contribution in [2.45, 2.75) is 25.7 Å². The molecule has 1 saturated carbocycles. The van der Waals surface area contributed by atoms with Crippen LogP contribution in [0.4, 0.5) is 10.1 Å². The maximum absolute atomic E-state index is 13.5. The summed E-state index contributed by atoms with van der Waals surface area (Å²) in [5.74, 6) is 1.18. The van der Waals surface area contributed by atoms with Crippen molar-refractivity contribution in [3.05, 3.63) is 84.2 Å². The van der Waals surface area contributed by atoms with Gasteiger partial charge in [0, 0.05) is 23.6 Å². The Labute approximate surface area is 208 Å². The van der Waals surface area contributed by atoms with Gasteiger partial charge in [-0.1, -0.05) is 18.6 Å². The van der Waals surface area contributed by atoms with Crippen LogP contribution in [0.15, 0.2) is 72.8 Å². The molecule has 1 aliphatic carbocycles. The molecular weight excluding hydrogens is 459 g/mol. The summed E-state index contributed by atoms with van der Waals surface area (Å²) in [5, 5.41) is 7.53. The summed E-state index contributed by atoms with van der Waals surface area (Å²) in [7, 11) is 1.64. The third-order valence-corrected chi connectivity index (χ3v) is 6.33. The van der Waals surface area contributed by atoms with E-state index in [1.165, 1.54) is 12.1 Å². The number of carbonyl (C=O) groups excluding carboxylic acids is 1. The van der Waals surface area contributed by atoms with Crippen LogP contribution >= 0.6 is 0 Å². The molecule has 1 heterocycles. The molecule has 5 rings (SSSR count). The van der Waals surface area contributed by atoms with Crippen LogP contribution in [0.3, 0.4) is 0 Å². The standard InChI is InChI=1S/C28H27FN4O3/c1-35-25-15-5-19(6-16-25)17-18-36-28-31-26(20-7-9-22(29)10-8-20)33(32-28)24-13-11-23(12-14-24)30-27(34)21-3-2-4-21/h5-16,21H,2-4,17-18H2,1H3,(H,30,34). The van der Waals surface area contributed by atoms with Gasteiger partial charge < -0.3 is 14.8 Å². The molecule has 0 saturated heterocycles. The minimum absolute atomic E-state index is 0.0642. The molecular formula is C28H27FN4O3. The van der Waals surface area contributed by atoms with E-state index in [0.717, 1.165) is 42.0 Å². The molecule has 0 bridgehead atoms. The van der Waals surface area contributed by atoms with Crippen LogP contribution in [0.2, 0.25) is 0 Å². The zero-order chi connectivity index (χ0) is 24.9. The number of benzene rings is 3. The van der Waals surface area contributed by atoms with Gasteiger partial charge in [-0.3, -0.25) is 4.79 Å². The third kappa shape index (κ3) is 5.38. The molecule has 1 N–H and O–H groups in total. The van der Waals surface area contributed by atoms with E-state index < -0.39 is 0 Å². The monoisotopic (exact) mass is 486 g/mol. The minimum Gasteiger partial charge on any atom is -0.497 e. The summed E-state index contributed by atoms with van der Waals surface area (Å²) >= 11 is 0. The zero-order valence-corrected chi connectivity index (χ0v) is 20.0. The van der Waals surface area contributed by atoms with E-state index in [1.54, 1.807) is 23.9 Å². The van der Waals surface area contributed by atoms with Crippen LogP contribution in [0, 0.1) is 11.7 Å². The highest BCUT2D eigenvalue weighted by Crippen LogP contribution is 2.28. The van der Waals surface area contributed by atoms with Crippen molar-refractivity contribution in [3.8, 4) is 28.8 Å². The summed E-state index contributed by atoms with van der Waals surface area (Å²) in [4.78, 5) is 16.8. The Morgan fingerprint density at radius 2 is 1.75 bits per heavy atom. The summed E-state index contributed by atoms with van der Waals surface area (Å²) in [6.07, 6.45) is 3.69. The largest absolute Gasteiger partial charge is 0.497 e. The Bertz CT molecular complexity index is 1310. The van der Waals surface area contributed by atoms with Gasteiger partial charge in [-0.15, -0.1) is 5.10 Å². The first-order valence-electron chi connectivity index (χ1n) is 12.0. The Hall–Kier alpha value is -4.20. The Morgan fingerprint density at radius 1 is 1.03 bits per heavy atom. The number of amides is 1. The second-order valence-corrected chi connectivity index (χ2v) is 8.75. The molecule has 1 fully saturated rings. The third-order valence-electron chi connectivity index (χ3n) is 6.33. The first-order chi connectivity index (χ1) is 17.6. The van der Waals surface area contributed by atoms with Gasteiger partial charge in [0.2, 0.25) is 5.91 Å². The fourth-order valence-electron chi connectivity index (χ4n) is 3.97. The molecule has 1 aromatic heterocycles. The lowest BCUT2D eigenvalue weighted by Gasteiger charge is -2.24. The lowest BCUT2D eigenvalue weighted by molar-refractivity contribution is -0.122. The molecule has 0 radical (unpaired) electrons. The smallest absolute Gasteiger partial charge is 0.336 e. The number of nitrogens with zero attached hydrogens (tertiary/aromatic N) is 3. The fraction of sp³-hybridized carbons (Fsp3) is 0.250. The van der Waals surface area contributed by atoms with Crippen molar-refractivity contribution in [2.75, 3.05) is 19.0 Å². The average molecular weight is 487 g/mol. The Kier molecular flexibility index (Phi) is 6.93. The summed E-state index contributed by atoms with van der Waals surface area (Å²) in [5.41, 5.74) is 3.29. The number of anilines is 1. The maximum Gasteiger partial charge on any atom is 0.336 e. The van der Waals surface area contributed by atoms with Crippen molar-refractivity contribution in [1.29, 1.82) is 0 Å². The normalized spacial score (nSPS) is 13.2. The molecule has 0 aliphatic heterocycles. The van der Waals surface area contributed by atoms with Crippen LogP contribution < -0.4 is 14.8 Å². The number of halogens is 1. The lowest BCUT2D eigenvalue weighted by atomic mass is 9.85. The molecule has 184 valence electrons. The van der Waals surface area contributed by atoms with Gasteiger partial charge in [0.25, 0.3) is 0 Å². The van der Waals surface area contributed by atoms with Crippen molar-refractivity contribution < 1.29 is 18.7 Å². The number of ether oxygens (including phenoxy) is 2. The molecule has 1 amide bonds.